The van der Waals surface area contributed by atoms with Gasteiger partial charge >= 0.3 is 0 Å². The van der Waals surface area contributed by atoms with E-state index in [0.717, 1.165) is 45.3 Å². The topological polar surface area (TPSA) is 38.7 Å². The molecule has 2 rings (SSSR count). The molecule has 3 heteroatoms. The van der Waals surface area contributed by atoms with Crippen molar-refractivity contribution in [3.8, 4) is 0 Å². The molecule has 15 heavy (non-hydrogen) atoms. The number of hydrogen-bond donors (Lipinski definition) is 1. The summed E-state index contributed by atoms with van der Waals surface area (Å²) in [5.74, 6) is 0. The highest BCUT2D eigenvalue weighted by atomic mass is 16.5. The Morgan fingerprint density at radius 1 is 1.07 bits per heavy atom. The predicted molar refractivity (Wildman–Crippen MR) is 57.8 cm³/mol. The summed E-state index contributed by atoms with van der Waals surface area (Å²) < 4.78 is 11.0. The van der Waals surface area contributed by atoms with E-state index in [4.69, 9.17) is 9.47 Å². The van der Waals surface area contributed by atoms with Crippen molar-refractivity contribution < 1.29 is 14.6 Å². The van der Waals surface area contributed by atoms with Crippen LogP contribution in [-0.2, 0) is 9.47 Å². The summed E-state index contributed by atoms with van der Waals surface area (Å²) in [6.45, 7) is 1.79. The van der Waals surface area contributed by atoms with Crippen LogP contribution in [0.25, 0.3) is 0 Å². The molecule has 0 spiro atoms. The largest absolute Gasteiger partial charge is 0.393 e. The molecule has 2 saturated heterocycles. The van der Waals surface area contributed by atoms with E-state index in [0.29, 0.717) is 12.2 Å². The van der Waals surface area contributed by atoms with Crippen molar-refractivity contribution in [1.29, 1.82) is 0 Å². The van der Waals surface area contributed by atoms with E-state index in [9.17, 15) is 5.11 Å². The van der Waals surface area contributed by atoms with Gasteiger partial charge < -0.3 is 14.6 Å². The van der Waals surface area contributed by atoms with Crippen molar-refractivity contribution in [1.82, 2.24) is 0 Å². The molecule has 3 unspecified atom stereocenters. The predicted octanol–water partition coefficient (Wildman–Crippen LogP) is 1.88. The van der Waals surface area contributed by atoms with Crippen LogP contribution in [0.2, 0.25) is 0 Å². The average Bonchev–Trinajstić information content (AvgIpc) is 2.86. The van der Waals surface area contributed by atoms with Crippen LogP contribution in [0.5, 0.6) is 0 Å². The number of aliphatic hydroxyl groups is 1. The minimum atomic E-state index is -0.197. The molecule has 3 nitrogen and oxygen atoms in total. The Hall–Kier alpha value is -0.120. The van der Waals surface area contributed by atoms with E-state index < -0.39 is 0 Å². The maximum Gasteiger partial charge on any atom is 0.0600 e. The molecule has 0 aromatic carbocycles. The number of rotatable bonds is 5. The fourth-order valence-electron chi connectivity index (χ4n) is 2.50. The lowest BCUT2D eigenvalue weighted by Gasteiger charge is -2.16. The summed E-state index contributed by atoms with van der Waals surface area (Å²) in [5, 5.41) is 9.83. The van der Waals surface area contributed by atoms with Gasteiger partial charge in [-0.15, -0.1) is 0 Å². The molecule has 2 aliphatic rings. The molecular weight excluding hydrogens is 192 g/mol. The van der Waals surface area contributed by atoms with Gasteiger partial charge in [-0.3, -0.25) is 0 Å². The Balaban J connectivity index is 1.57. The molecule has 0 aliphatic carbocycles. The zero-order valence-corrected chi connectivity index (χ0v) is 9.36. The molecule has 0 aromatic heterocycles. The maximum absolute atomic E-state index is 9.83. The Morgan fingerprint density at radius 3 is 2.33 bits per heavy atom. The SMILES string of the molecule is OC(CCC1CCCO1)CC1CCCO1. The van der Waals surface area contributed by atoms with Crippen molar-refractivity contribution in [3.63, 3.8) is 0 Å². The first-order valence-electron chi connectivity index (χ1n) is 6.26. The summed E-state index contributed by atoms with van der Waals surface area (Å²) in [7, 11) is 0. The fraction of sp³-hybridized carbons (Fsp3) is 1.00. The third kappa shape index (κ3) is 3.74. The molecule has 2 heterocycles. The van der Waals surface area contributed by atoms with Crippen molar-refractivity contribution in [2.24, 2.45) is 0 Å². The van der Waals surface area contributed by atoms with Gasteiger partial charge in [0.1, 0.15) is 0 Å². The molecule has 0 saturated carbocycles. The van der Waals surface area contributed by atoms with E-state index in [1.807, 2.05) is 0 Å². The van der Waals surface area contributed by atoms with Crippen molar-refractivity contribution in [3.05, 3.63) is 0 Å². The Kier molecular flexibility index (Phi) is 4.42. The van der Waals surface area contributed by atoms with Crippen molar-refractivity contribution in [2.75, 3.05) is 13.2 Å². The monoisotopic (exact) mass is 214 g/mol. The molecular formula is C12H22O3. The minimum absolute atomic E-state index is 0.197. The van der Waals surface area contributed by atoms with E-state index in [2.05, 4.69) is 0 Å². The average molecular weight is 214 g/mol. The number of aliphatic hydroxyl groups excluding tert-OH is 1. The van der Waals surface area contributed by atoms with Gasteiger partial charge in [-0.2, -0.15) is 0 Å². The highest BCUT2D eigenvalue weighted by Gasteiger charge is 2.21. The first-order chi connectivity index (χ1) is 7.34. The van der Waals surface area contributed by atoms with Crippen LogP contribution >= 0.6 is 0 Å². The van der Waals surface area contributed by atoms with Gasteiger partial charge in [-0.05, 0) is 44.9 Å². The quantitative estimate of drug-likeness (QED) is 0.759. The van der Waals surface area contributed by atoms with E-state index in [1.54, 1.807) is 0 Å². The lowest BCUT2D eigenvalue weighted by molar-refractivity contribution is 0.0379. The van der Waals surface area contributed by atoms with Gasteiger partial charge in [0.15, 0.2) is 0 Å². The summed E-state index contributed by atoms with van der Waals surface area (Å²) >= 11 is 0. The Morgan fingerprint density at radius 2 is 1.73 bits per heavy atom. The first-order valence-corrected chi connectivity index (χ1v) is 6.26. The highest BCUT2D eigenvalue weighted by Crippen LogP contribution is 2.22. The fourth-order valence-corrected chi connectivity index (χ4v) is 2.50. The van der Waals surface area contributed by atoms with Crippen molar-refractivity contribution in [2.45, 2.75) is 63.3 Å². The van der Waals surface area contributed by atoms with Gasteiger partial charge in [-0.25, -0.2) is 0 Å². The van der Waals surface area contributed by atoms with Crippen LogP contribution in [0.3, 0.4) is 0 Å². The second-order valence-corrected chi connectivity index (χ2v) is 4.74. The van der Waals surface area contributed by atoms with Crippen LogP contribution in [0.15, 0.2) is 0 Å². The standard InChI is InChI=1S/C12H22O3/c13-10(9-12-4-2-8-15-12)5-6-11-3-1-7-14-11/h10-13H,1-9H2. The number of ether oxygens (including phenoxy) is 2. The first kappa shape index (κ1) is 11.4. The highest BCUT2D eigenvalue weighted by molar-refractivity contribution is 4.72. The molecule has 3 atom stereocenters. The summed E-state index contributed by atoms with van der Waals surface area (Å²) in [6.07, 6.45) is 7.84. The van der Waals surface area contributed by atoms with Gasteiger partial charge in [0, 0.05) is 13.2 Å². The van der Waals surface area contributed by atoms with Crippen molar-refractivity contribution >= 4 is 0 Å². The molecule has 88 valence electrons. The molecule has 0 aromatic rings. The van der Waals surface area contributed by atoms with Gasteiger partial charge in [0.25, 0.3) is 0 Å². The van der Waals surface area contributed by atoms with Crippen LogP contribution < -0.4 is 0 Å². The van der Waals surface area contributed by atoms with E-state index in [1.165, 1.54) is 12.8 Å². The number of hydrogen-bond acceptors (Lipinski definition) is 3. The van der Waals surface area contributed by atoms with Gasteiger partial charge in [0.05, 0.1) is 18.3 Å². The molecule has 2 aliphatic heterocycles. The summed E-state index contributed by atoms with van der Waals surface area (Å²) in [4.78, 5) is 0. The smallest absolute Gasteiger partial charge is 0.0600 e. The van der Waals surface area contributed by atoms with Crippen LogP contribution in [0.4, 0.5) is 0 Å². The summed E-state index contributed by atoms with van der Waals surface area (Å²) in [5.41, 5.74) is 0. The molecule has 1 N–H and O–H groups in total. The van der Waals surface area contributed by atoms with Crippen LogP contribution in [0.1, 0.15) is 44.9 Å². The Labute approximate surface area is 91.8 Å². The zero-order chi connectivity index (χ0) is 10.5. The molecule has 0 bridgehead atoms. The third-order valence-corrected chi connectivity index (χ3v) is 3.40. The normalized spacial score (nSPS) is 33.4. The van der Waals surface area contributed by atoms with Gasteiger partial charge in [0.2, 0.25) is 0 Å². The zero-order valence-electron chi connectivity index (χ0n) is 9.36. The molecule has 0 amide bonds. The van der Waals surface area contributed by atoms with Crippen LogP contribution in [-0.4, -0.2) is 36.6 Å². The third-order valence-electron chi connectivity index (χ3n) is 3.40. The lowest BCUT2D eigenvalue weighted by Crippen LogP contribution is -2.19. The maximum atomic E-state index is 9.83. The second-order valence-electron chi connectivity index (χ2n) is 4.74. The van der Waals surface area contributed by atoms with E-state index in [-0.39, 0.29) is 6.10 Å². The molecule has 2 fully saturated rings. The lowest BCUT2D eigenvalue weighted by atomic mass is 10.0. The Bertz CT molecular complexity index is 172. The van der Waals surface area contributed by atoms with E-state index >= 15 is 0 Å². The minimum Gasteiger partial charge on any atom is -0.393 e. The summed E-state index contributed by atoms with van der Waals surface area (Å²) in [6, 6.07) is 0. The second kappa shape index (κ2) is 5.83. The molecule has 0 radical (unpaired) electrons. The van der Waals surface area contributed by atoms with Gasteiger partial charge in [-0.1, -0.05) is 0 Å². The van der Waals surface area contributed by atoms with Crippen LogP contribution in [0, 0.1) is 0 Å².